The molecule has 0 saturated carbocycles. The second kappa shape index (κ2) is 7.34. The molecule has 3 aromatic carbocycles. The molecule has 0 bridgehead atoms. The van der Waals surface area contributed by atoms with Crippen molar-refractivity contribution in [3.8, 4) is 28.5 Å². The first-order valence-electron chi connectivity index (χ1n) is 12.3. The van der Waals surface area contributed by atoms with Crippen LogP contribution in [0.2, 0.25) is 0 Å². The van der Waals surface area contributed by atoms with Gasteiger partial charge in [0.15, 0.2) is 0 Å². The van der Waals surface area contributed by atoms with Crippen molar-refractivity contribution in [3.05, 3.63) is 89.1 Å². The summed E-state index contributed by atoms with van der Waals surface area (Å²) in [4.78, 5) is 0. The monoisotopic (exact) mass is 485 g/mol. The molecule has 4 heteroatoms. The fraction of sp³-hybridized carbons (Fsp3) is 0.143. The van der Waals surface area contributed by atoms with Gasteiger partial charge in [-0.1, -0.05) is 0 Å². The number of aryl methyl sites for hydroxylation is 2. The van der Waals surface area contributed by atoms with Crippen molar-refractivity contribution in [2.75, 3.05) is 0 Å². The molecule has 32 heavy (non-hydrogen) atoms. The van der Waals surface area contributed by atoms with Crippen LogP contribution in [0.25, 0.3) is 44.3 Å². The third kappa shape index (κ3) is 2.76. The van der Waals surface area contributed by atoms with E-state index in [9.17, 15) is 5.26 Å². The normalized spacial score (nSPS) is 17.9. The van der Waals surface area contributed by atoms with Gasteiger partial charge < -0.3 is 0 Å². The van der Waals surface area contributed by atoms with Crippen LogP contribution in [-0.4, -0.2) is 15.0 Å². The zero-order valence-electron chi connectivity index (χ0n) is 21.6. The number of furan rings is 1. The van der Waals surface area contributed by atoms with E-state index in [-0.39, 0.29) is 0 Å². The summed E-state index contributed by atoms with van der Waals surface area (Å²) >= 11 is -0.945. The summed E-state index contributed by atoms with van der Waals surface area (Å²) in [7, 11) is 1.99. The zero-order valence-corrected chi connectivity index (χ0v) is 19.3. The van der Waals surface area contributed by atoms with E-state index in [0.717, 1.165) is 27.6 Å². The molecule has 0 fully saturated rings. The molecule has 6 rings (SSSR count). The zero-order chi connectivity index (χ0) is 25.4. The van der Waals surface area contributed by atoms with Crippen LogP contribution in [0, 0.1) is 18.3 Å². The van der Waals surface area contributed by atoms with Gasteiger partial charge in [0.25, 0.3) is 0 Å². The van der Waals surface area contributed by atoms with E-state index in [1.807, 2.05) is 55.1 Å². The van der Waals surface area contributed by atoms with Gasteiger partial charge in [-0.2, -0.15) is 0 Å². The van der Waals surface area contributed by atoms with Crippen molar-refractivity contribution in [2.24, 2.45) is 7.05 Å². The van der Waals surface area contributed by atoms with Crippen LogP contribution in [0.4, 0.5) is 0 Å². The molecule has 5 aromatic rings. The van der Waals surface area contributed by atoms with Crippen LogP contribution in [0.3, 0.4) is 0 Å². The van der Waals surface area contributed by atoms with Gasteiger partial charge in [0, 0.05) is 0 Å². The summed E-state index contributed by atoms with van der Waals surface area (Å²) in [6.45, 7) is 2.04. The molecule has 2 aromatic heterocycles. The first kappa shape index (κ1) is 15.4. The fourth-order valence-electron chi connectivity index (χ4n) is 4.55. The first-order chi connectivity index (χ1) is 17.1. The standard InChI is InChI=1S/C28H21N2OSe/c1-17-9-11-21-22-12-10-18(14-29)26(20-7-5-6-19-15-32-16-23(19)20)28(22)31-27(21)25(17)24-8-3-4-13-30(24)2/h3-13H,15-16H2,1-2H3/q+1/i15D2,16D2. The summed E-state index contributed by atoms with van der Waals surface area (Å²) in [5, 5.41) is 8.25. The van der Waals surface area contributed by atoms with Gasteiger partial charge >= 0.3 is 199 Å². The van der Waals surface area contributed by atoms with Gasteiger partial charge in [0.2, 0.25) is 0 Å². The third-order valence-electron chi connectivity index (χ3n) is 6.10. The Kier molecular flexibility index (Phi) is 3.54. The number of pyridine rings is 1. The molecule has 0 radical (unpaired) electrons. The predicted octanol–water partition coefficient (Wildman–Crippen LogP) is 5.64. The van der Waals surface area contributed by atoms with Crippen LogP contribution in [0.5, 0.6) is 0 Å². The van der Waals surface area contributed by atoms with E-state index >= 15 is 0 Å². The Morgan fingerprint density at radius 3 is 2.59 bits per heavy atom. The summed E-state index contributed by atoms with van der Waals surface area (Å²) in [6, 6.07) is 21.2. The maximum atomic E-state index is 10.0. The average Bonchev–Trinajstić information content (AvgIpc) is 3.30. The number of hydrogen-bond donors (Lipinski definition) is 0. The molecular formula is C28H21N2OSe+. The molecule has 0 saturated heterocycles. The van der Waals surface area contributed by atoms with Gasteiger partial charge in [-0.05, 0) is 0 Å². The topological polar surface area (TPSA) is 40.8 Å². The van der Waals surface area contributed by atoms with Crippen LogP contribution >= 0.6 is 0 Å². The van der Waals surface area contributed by atoms with E-state index < -0.39 is 25.5 Å². The molecule has 0 aliphatic carbocycles. The molecule has 0 atom stereocenters. The summed E-state index contributed by atoms with van der Waals surface area (Å²) in [5.41, 5.74) is 6.32. The molecule has 0 unspecified atom stereocenters. The van der Waals surface area contributed by atoms with E-state index in [1.165, 1.54) is 0 Å². The van der Waals surface area contributed by atoms with E-state index in [4.69, 9.17) is 9.90 Å². The Hall–Kier alpha value is -3.38. The molecule has 3 nitrogen and oxygen atoms in total. The van der Waals surface area contributed by atoms with E-state index in [1.54, 1.807) is 24.3 Å². The van der Waals surface area contributed by atoms with Gasteiger partial charge in [-0.15, -0.1) is 0 Å². The average molecular weight is 484 g/mol. The molecule has 3 heterocycles. The molecule has 0 N–H and O–H groups in total. The van der Waals surface area contributed by atoms with Crippen molar-refractivity contribution in [3.63, 3.8) is 0 Å². The SMILES string of the molecule is [2H]C1([2H])[Se]C([2H])([2H])c2c(-c3c(C#N)ccc4c3oc3c(-c5cccc[n+]5C)c(C)ccc34)cccc21. The van der Waals surface area contributed by atoms with Gasteiger partial charge in [-0.25, -0.2) is 0 Å². The Bertz CT molecular complexity index is 1770. The number of fused-ring (bicyclic) bond motifs is 4. The van der Waals surface area contributed by atoms with Gasteiger partial charge in [0.1, 0.15) is 0 Å². The van der Waals surface area contributed by atoms with Gasteiger partial charge in [-0.3, -0.25) is 0 Å². The van der Waals surface area contributed by atoms with Crippen molar-refractivity contribution in [1.82, 2.24) is 0 Å². The minimum atomic E-state index is -1.82. The van der Waals surface area contributed by atoms with Crippen molar-refractivity contribution in [2.45, 2.75) is 17.5 Å². The molecule has 0 spiro atoms. The Labute approximate surface area is 198 Å². The number of nitriles is 1. The molecule has 0 amide bonds. The first-order valence-corrected chi connectivity index (χ1v) is 12.0. The van der Waals surface area contributed by atoms with Crippen molar-refractivity contribution in [1.29, 1.82) is 5.26 Å². The summed E-state index contributed by atoms with van der Waals surface area (Å²) in [5.74, 6) is 0. The number of rotatable bonds is 2. The summed E-state index contributed by atoms with van der Waals surface area (Å²) in [6.07, 6.45) is 1.99. The van der Waals surface area contributed by atoms with Crippen LogP contribution in [0.15, 0.2) is 71.3 Å². The molecular weight excluding hydrogens is 459 g/mol. The van der Waals surface area contributed by atoms with Crippen LogP contribution < -0.4 is 4.57 Å². The fourth-order valence-corrected chi connectivity index (χ4v) is 5.92. The van der Waals surface area contributed by atoms with Gasteiger partial charge in [0.05, 0.1) is 0 Å². The predicted molar refractivity (Wildman–Crippen MR) is 128 cm³/mol. The number of benzene rings is 3. The van der Waals surface area contributed by atoms with Crippen molar-refractivity contribution < 1.29 is 14.5 Å². The third-order valence-corrected chi connectivity index (χ3v) is 7.42. The van der Waals surface area contributed by atoms with Crippen LogP contribution in [0.1, 0.15) is 27.7 Å². The number of hydrogen-bond acceptors (Lipinski definition) is 2. The second-order valence-electron chi connectivity index (χ2n) is 7.94. The quantitative estimate of drug-likeness (QED) is 0.240. The van der Waals surface area contributed by atoms with Crippen LogP contribution in [-0.2, 0) is 17.6 Å². The van der Waals surface area contributed by atoms with E-state index in [2.05, 4.69) is 12.1 Å². The Balaban J connectivity index is 1.75. The molecule has 1 aliphatic rings. The number of nitrogens with zero attached hydrogens (tertiary/aromatic N) is 2. The minimum absolute atomic E-state index is 0.324. The number of aromatic nitrogens is 1. The second-order valence-corrected chi connectivity index (χ2v) is 9.23. The Morgan fingerprint density at radius 2 is 1.78 bits per heavy atom. The molecule has 1 aliphatic heterocycles. The van der Waals surface area contributed by atoms with E-state index in [0.29, 0.717) is 39.0 Å². The Morgan fingerprint density at radius 1 is 0.969 bits per heavy atom. The van der Waals surface area contributed by atoms with Crippen molar-refractivity contribution >= 4 is 36.9 Å². The summed E-state index contributed by atoms with van der Waals surface area (Å²) < 4.78 is 43.0. The maximum absolute atomic E-state index is 10.0. The molecule has 154 valence electrons.